The largest absolute Gasteiger partial charge is 0.477 e. The molecule has 0 aromatic carbocycles. The predicted octanol–water partition coefficient (Wildman–Crippen LogP) is -0.369. The maximum absolute atomic E-state index is 10.4. The Morgan fingerprint density at radius 3 is 2.67 bits per heavy atom. The van der Waals surface area contributed by atoms with E-state index in [4.69, 9.17) is 10.8 Å². The Balaban J connectivity index is 4.38. The number of rotatable bonds is 4. The Hall–Kier alpha value is -1.36. The van der Waals surface area contributed by atoms with E-state index in [1.54, 1.807) is 0 Å². The first-order valence-corrected chi connectivity index (χ1v) is 3.27. The molecular weight excluding hydrogens is 160 g/mol. The van der Waals surface area contributed by atoms with Gasteiger partial charge in [0.15, 0.2) is 0 Å². The van der Waals surface area contributed by atoms with Gasteiger partial charge in [0.25, 0.3) is 0 Å². The minimum absolute atomic E-state index is 0.0791. The summed E-state index contributed by atoms with van der Waals surface area (Å²) in [5, 5.41) is 8.52. The third-order valence-electron chi connectivity index (χ3n) is 1.09. The molecule has 0 saturated heterocycles. The Kier molecular flexibility index (Phi) is 4.71. The van der Waals surface area contributed by atoms with Gasteiger partial charge < -0.3 is 15.6 Å². The van der Waals surface area contributed by atoms with Crippen LogP contribution < -0.4 is 5.73 Å². The smallest absolute Gasteiger partial charge is 0.354 e. The van der Waals surface area contributed by atoms with Gasteiger partial charge in [0.2, 0.25) is 0 Å². The van der Waals surface area contributed by atoms with Crippen LogP contribution in [-0.2, 0) is 9.53 Å². The summed E-state index contributed by atoms with van der Waals surface area (Å²) in [6.45, 7) is 0.201. The zero-order valence-electron chi connectivity index (χ0n) is 7.07. The average molecular weight is 172 g/mol. The summed E-state index contributed by atoms with van der Waals surface area (Å²) in [4.78, 5) is 13.9. The number of methoxy groups -OCH3 is 1. The molecule has 0 rings (SSSR count). The third kappa shape index (κ3) is 3.72. The summed E-state index contributed by atoms with van der Waals surface area (Å²) in [5.74, 6) is -1.10. The van der Waals surface area contributed by atoms with Gasteiger partial charge in [-0.3, -0.25) is 4.99 Å². The molecule has 12 heavy (non-hydrogen) atoms. The first-order valence-electron chi connectivity index (χ1n) is 3.27. The van der Waals surface area contributed by atoms with Crippen molar-refractivity contribution >= 4 is 11.7 Å². The molecule has 0 bridgehead atoms. The van der Waals surface area contributed by atoms with Crippen molar-refractivity contribution in [1.29, 1.82) is 0 Å². The number of carbonyl (C=O) groups is 1. The number of carboxylic acids is 1. The molecule has 5 heteroatoms. The topological polar surface area (TPSA) is 84.9 Å². The third-order valence-corrected chi connectivity index (χ3v) is 1.09. The molecule has 68 valence electrons. The van der Waals surface area contributed by atoms with Crippen LogP contribution in [-0.4, -0.2) is 37.6 Å². The minimum Gasteiger partial charge on any atom is -0.477 e. The number of nitrogens with zero attached hydrogens (tertiary/aromatic N) is 1. The van der Waals surface area contributed by atoms with E-state index in [9.17, 15) is 4.79 Å². The highest BCUT2D eigenvalue weighted by Crippen LogP contribution is 1.88. The highest BCUT2D eigenvalue weighted by atomic mass is 16.5. The molecule has 0 heterocycles. The van der Waals surface area contributed by atoms with Gasteiger partial charge in [-0.25, -0.2) is 4.79 Å². The van der Waals surface area contributed by atoms with E-state index >= 15 is 0 Å². The van der Waals surface area contributed by atoms with Crippen molar-refractivity contribution in [2.24, 2.45) is 10.7 Å². The highest BCUT2D eigenvalue weighted by Gasteiger charge is 2.04. The van der Waals surface area contributed by atoms with Gasteiger partial charge in [0, 0.05) is 19.9 Å². The molecule has 0 unspecified atom stereocenters. The molecule has 0 amide bonds. The minimum atomic E-state index is -1.10. The van der Waals surface area contributed by atoms with Gasteiger partial charge in [-0.1, -0.05) is 0 Å². The van der Waals surface area contributed by atoms with Crippen LogP contribution >= 0.6 is 0 Å². The summed E-state index contributed by atoms with van der Waals surface area (Å²) in [6.07, 6.45) is 1.27. The molecule has 0 spiro atoms. The van der Waals surface area contributed by atoms with Crippen molar-refractivity contribution in [2.45, 2.75) is 0 Å². The van der Waals surface area contributed by atoms with E-state index in [-0.39, 0.29) is 12.3 Å². The lowest BCUT2D eigenvalue weighted by Crippen LogP contribution is -2.14. The fraction of sp³-hybridized carbons (Fsp3) is 0.429. The fourth-order valence-electron chi connectivity index (χ4n) is 0.606. The van der Waals surface area contributed by atoms with Gasteiger partial charge in [-0.2, -0.15) is 0 Å². The number of hydrogen-bond donors (Lipinski definition) is 2. The molecule has 0 saturated carbocycles. The van der Waals surface area contributed by atoms with Crippen molar-refractivity contribution < 1.29 is 14.6 Å². The fourth-order valence-corrected chi connectivity index (χ4v) is 0.606. The van der Waals surface area contributed by atoms with Gasteiger partial charge in [0.1, 0.15) is 5.71 Å². The summed E-state index contributed by atoms with van der Waals surface area (Å²) in [5.41, 5.74) is 5.65. The Morgan fingerprint density at radius 2 is 2.33 bits per heavy atom. The van der Waals surface area contributed by atoms with E-state index in [1.807, 2.05) is 0 Å². The van der Waals surface area contributed by atoms with Crippen LogP contribution in [0.4, 0.5) is 0 Å². The molecule has 0 aromatic rings. The van der Waals surface area contributed by atoms with Crippen LogP contribution in [0, 0.1) is 0 Å². The van der Waals surface area contributed by atoms with E-state index < -0.39 is 5.97 Å². The number of nitrogens with two attached hydrogens (primary N) is 1. The van der Waals surface area contributed by atoms with Crippen molar-refractivity contribution in [3.63, 3.8) is 0 Å². The van der Waals surface area contributed by atoms with Crippen LogP contribution in [0.2, 0.25) is 0 Å². The molecule has 0 aliphatic rings. The SMILES string of the molecule is CN=C(/C=C(\N)COC)C(=O)O. The summed E-state index contributed by atoms with van der Waals surface area (Å²) in [7, 11) is 2.87. The van der Waals surface area contributed by atoms with Crippen molar-refractivity contribution in [2.75, 3.05) is 20.8 Å². The quantitative estimate of drug-likeness (QED) is 0.566. The zero-order valence-corrected chi connectivity index (χ0v) is 7.07. The van der Waals surface area contributed by atoms with Crippen LogP contribution in [0.1, 0.15) is 0 Å². The molecular formula is C7H12N2O3. The second-order valence-electron chi connectivity index (χ2n) is 2.07. The molecule has 0 aliphatic carbocycles. The Bertz CT molecular complexity index is 221. The molecule has 5 nitrogen and oxygen atoms in total. The maximum Gasteiger partial charge on any atom is 0.354 e. The summed E-state index contributed by atoms with van der Waals surface area (Å²) < 4.78 is 4.69. The Morgan fingerprint density at radius 1 is 1.75 bits per heavy atom. The zero-order chi connectivity index (χ0) is 9.56. The van der Waals surface area contributed by atoms with E-state index in [2.05, 4.69) is 9.73 Å². The van der Waals surface area contributed by atoms with Crippen LogP contribution in [0.3, 0.4) is 0 Å². The maximum atomic E-state index is 10.4. The Labute approximate surface area is 70.5 Å². The monoisotopic (exact) mass is 172 g/mol. The number of hydrogen-bond acceptors (Lipinski definition) is 4. The number of aliphatic imine (C=N–C) groups is 1. The first-order chi connectivity index (χ1) is 5.61. The molecule has 0 atom stereocenters. The number of aliphatic carboxylic acids is 1. The van der Waals surface area contributed by atoms with Crippen molar-refractivity contribution in [1.82, 2.24) is 0 Å². The molecule has 0 fully saturated rings. The van der Waals surface area contributed by atoms with E-state index in [0.29, 0.717) is 5.70 Å². The highest BCUT2D eigenvalue weighted by molar-refractivity contribution is 6.40. The standard InChI is InChI=1S/C7H12N2O3/c1-9-6(7(10)11)3-5(8)4-12-2/h3H,4,8H2,1-2H3,(H,10,11)/b5-3-,9-6?. The van der Waals surface area contributed by atoms with Crippen LogP contribution in [0.5, 0.6) is 0 Å². The second-order valence-corrected chi connectivity index (χ2v) is 2.07. The van der Waals surface area contributed by atoms with E-state index in [0.717, 1.165) is 0 Å². The normalized spacial score (nSPS) is 13.2. The lowest BCUT2D eigenvalue weighted by Gasteiger charge is -1.98. The van der Waals surface area contributed by atoms with Crippen LogP contribution in [0.25, 0.3) is 0 Å². The average Bonchev–Trinajstić information content (AvgIpc) is 2.00. The first kappa shape index (κ1) is 10.6. The lowest BCUT2D eigenvalue weighted by molar-refractivity contribution is -0.129. The second kappa shape index (κ2) is 5.31. The van der Waals surface area contributed by atoms with Gasteiger partial charge in [-0.15, -0.1) is 0 Å². The lowest BCUT2D eigenvalue weighted by atomic mass is 10.3. The van der Waals surface area contributed by atoms with E-state index in [1.165, 1.54) is 20.2 Å². The summed E-state index contributed by atoms with van der Waals surface area (Å²) in [6, 6.07) is 0. The number of carboxylic acid groups (broad SMARTS) is 1. The van der Waals surface area contributed by atoms with Gasteiger partial charge in [-0.05, 0) is 6.08 Å². The molecule has 0 radical (unpaired) electrons. The van der Waals surface area contributed by atoms with Gasteiger partial charge in [0.05, 0.1) is 6.61 Å². The molecule has 3 N–H and O–H groups in total. The van der Waals surface area contributed by atoms with Crippen molar-refractivity contribution in [3.8, 4) is 0 Å². The number of ether oxygens (including phenoxy) is 1. The summed E-state index contributed by atoms with van der Waals surface area (Å²) >= 11 is 0. The van der Waals surface area contributed by atoms with Gasteiger partial charge >= 0.3 is 5.97 Å². The van der Waals surface area contributed by atoms with Crippen LogP contribution in [0.15, 0.2) is 16.8 Å². The molecule has 0 aromatic heterocycles. The predicted molar refractivity (Wildman–Crippen MR) is 45.1 cm³/mol. The van der Waals surface area contributed by atoms with Crippen molar-refractivity contribution in [3.05, 3.63) is 11.8 Å². The molecule has 0 aliphatic heterocycles.